The normalized spacial score (nSPS) is 26.0. The van der Waals surface area contributed by atoms with Gasteiger partial charge in [-0.05, 0) is 24.5 Å². The van der Waals surface area contributed by atoms with E-state index >= 15 is 0 Å². The van der Waals surface area contributed by atoms with Crippen LogP contribution in [0.1, 0.15) is 36.8 Å². The van der Waals surface area contributed by atoms with Gasteiger partial charge in [-0.1, -0.05) is 60.7 Å². The summed E-state index contributed by atoms with van der Waals surface area (Å²) in [5, 5.41) is 10.1. The quantitative estimate of drug-likeness (QED) is 0.929. The third-order valence-corrected chi connectivity index (χ3v) is 4.40. The van der Waals surface area contributed by atoms with E-state index in [9.17, 15) is 5.11 Å². The molecule has 1 N–H and O–H groups in total. The molecule has 3 rings (SSSR count). The molecule has 0 aromatic heterocycles. The van der Waals surface area contributed by atoms with E-state index in [4.69, 9.17) is 4.74 Å². The maximum absolute atomic E-state index is 10.1. The van der Waals surface area contributed by atoms with Crippen LogP contribution in [0.2, 0.25) is 0 Å². The van der Waals surface area contributed by atoms with Crippen molar-refractivity contribution in [2.24, 2.45) is 0 Å². The fourth-order valence-electron chi connectivity index (χ4n) is 3.45. The summed E-state index contributed by atoms with van der Waals surface area (Å²) in [5.74, 6) is 0.134. The largest absolute Gasteiger partial charge is 0.393 e. The van der Waals surface area contributed by atoms with Crippen LogP contribution in [-0.2, 0) is 4.74 Å². The first-order valence-corrected chi connectivity index (χ1v) is 7.61. The lowest BCUT2D eigenvalue weighted by molar-refractivity contribution is -0.115. The van der Waals surface area contributed by atoms with Crippen molar-refractivity contribution in [3.8, 4) is 0 Å². The Morgan fingerprint density at radius 2 is 1.52 bits per heavy atom. The molecule has 1 heterocycles. The Morgan fingerprint density at radius 3 is 2.00 bits per heavy atom. The average Bonchev–Trinajstić information content (AvgIpc) is 2.49. The van der Waals surface area contributed by atoms with Crippen molar-refractivity contribution in [2.45, 2.75) is 37.4 Å². The Bertz CT molecular complexity index is 527. The van der Waals surface area contributed by atoms with Crippen LogP contribution in [0.15, 0.2) is 60.7 Å². The zero-order chi connectivity index (χ0) is 14.7. The molecule has 2 nitrogen and oxygen atoms in total. The summed E-state index contributed by atoms with van der Waals surface area (Å²) in [7, 11) is 0. The fourth-order valence-corrected chi connectivity index (χ4v) is 3.45. The van der Waals surface area contributed by atoms with E-state index in [0.29, 0.717) is 13.0 Å². The average molecular weight is 282 g/mol. The lowest BCUT2D eigenvalue weighted by atomic mass is 9.74. The van der Waals surface area contributed by atoms with Gasteiger partial charge in [0.15, 0.2) is 0 Å². The number of rotatable bonds is 3. The van der Waals surface area contributed by atoms with Gasteiger partial charge in [-0.3, -0.25) is 0 Å². The van der Waals surface area contributed by atoms with Crippen molar-refractivity contribution >= 4 is 0 Å². The van der Waals surface area contributed by atoms with E-state index < -0.39 is 0 Å². The molecule has 110 valence electrons. The highest BCUT2D eigenvalue weighted by molar-refractivity contribution is 5.36. The summed E-state index contributed by atoms with van der Waals surface area (Å²) in [6.45, 7) is 2.74. The van der Waals surface area contributed by atoms with E-state index in [1.807, 2.05) is 12.1 Å². The van der Waals surface area contributed by atoms with Gasteiger partial charge >= 0.3 is 0 Å². The molecule has 21 heavy (non-hydrogen) atoms. The van der Waals surface area contributed by atoms with Crippen LogP contribution in [0.4, 0.5) is 0 Å². The van der Waals surface area contributed by atoms with Crippen LogP contribution in [0, 0.1) is 0 Å². The molecule has 0 saturated carbocycles. The smallest absolute Gasteiger partial charge is 0.0787 e. The van der Waals surface area contributed by atoms with Gasteiger partial charge in [0.25, 0.3) is 0 Å². The Hall–Kier alpha value is -1.64. The monoisotopic (exact) mass is 282 g/mol. The topological polar surface area (TPSA) is 29.5 Å². The minimum atomic E-state index is -0.375. The Balaban J connectivity index is 2.04. The third kappa shape index (κ3) is 3.02. The molecular formula is C19H22O2. The molecule has 2 atom stereocenters. The molecule has 1 saturated heterocycles. The van der Waals surface area contributed by atoms with Crippen LogP contribution in [0.25, 0.3) is 0 Å². The molecule has 0 spiro atoms. The minimum Gasteiger partial charge on any atom is -0.393 e. The van der Waals surface area contributed by atoms with E-state index in [1.54, 1.807) is 0 Å². The van der Waals surface area contributed by atoms with E-state index in [2.05, 4.69) is 55.5 Å². The molecule has 0 bridgehead atoms. The number of hydrogen-bond donors (Lipinski definition) is 1. The van der Waals surface area contributed by atoms with Gasteiger partial charge < -0.3 is 9.84 Å². The van der Waals surface area contributed by atoms with Crippen LogP contribution in [0.3, 0.4) is 0 Å². The van der Waals surface area contributed by atoms with Gasteiger partial charge in [-0.25, -0.2) is 0 Å². The summed E-state index contributed by atoms with van der Waals surface area (Å²) in [6.07, 6.45) is 1.12. The molecule has 2 heteroatoms. The fraction of sp³-hybridized carbons (Fsp3) is 0.368. The number of ether oxygens (including phenoxy) is 1. The van der Waals surface area contributed by atoms with Crippen molar-refractivity contribution < 1.29 is 9.84 Å². The molecule has 1 aliphatic heterocycles. The number of benzene rings is 2. The second-order valence-electron chi connectivity index (χ2n) is 6.06. The zero-order valence-electron chi connectivity index (χ0n) is 12.4. The van der Waals surface area contributed by atoms with Gasteiger partial charge in [0.1, 0.15) is 0 Å². The maximum Gasteiger partial charge on any atom is 0.0787 e. The van der Waals surface area contributed by atoms with Gasteiger partial charge in [-0.2, -0.15) is 0 Å². The molecule has 0 amide bonds. The van der Waals surface area contributed by atoms with Crippen LogP contribution >= 0.6 is 0 Å². The predicted molar refractivity (Wildman–Crippen MR) is 84.3 cm³/mol. The summed E-state index contributed by atoms with van der Waals surface area (Å²) in [5.41, 5.74) is 2.10. The highest BCUT2D eigenvalue weighted by Gasteiger charge is 2.41. The van der Waals surface area contributed by atoms with Crippen LogP contribution in [-0.4, -0.2) is 23.4 Å². The van der Waals surface area contributed by atoms with Crippen LogP contribution in [0.5, 0.6) is 0 Å². The molecule has 0 radical (unpaired) electrons. The zero-order valence-corrected chi connectivity index (χ0v) is 12.4. The first kappa shape index (κ1) is 14.3. The maximum atomic E-state index is 10.1. The van der Waals surface area contributed by atoms with Crippen LogP contribution < -0.4 is 0 Å². The first-order chi connectivity index (χ1) is 10.2. The second-order valence-corrected chi connectivity index (χ2v) is 6.06. The summed E-state index contributed by atoms with van der Waals surface area (Å²) >= 11 is 0. The minimum absolute atomic E-state index is 0.134. The molecule has 2 unspecified atom stereocenters. The molecule has 1 aliphatic rings. The number of aliphatic hydroxyl groups is 1. The molecule has 0 aliphatic carbocycles. The molecule has 2 aromatic carbocycles. The second kappa shape index (κ2) is 6.00. The predicted octanol–water partition coefficient (Wildman–Crippen LogP) is 3.75. The molecule has 2 aromatic rings. The van der Waals surface area contributed by atoms with E-state index in [-0.39, 0.29) is 17.6 Å². The highest BCUT2D eigenvalue weighted by Crippen LogP contribution is 2.42. The summed E-state index contributed by atoms with van der Waals surface area (Å²) in [4.78, 5) is 0. The Kier molecular flexibility index (Phi) is 4.09. The van der Waals surface area contributed by atoms with Gasteiger partial charge in [0.2, 0.25) is 0 Å². The third-order valence-electron chi connectivity index (χ3n) is 4.40. The lowest BCUT2D eigenvalue weighted by Crippen LogP contribution is -2.44. The van der Waals surface area contributed by atoms with Crippen molar-refractivity contribution in [2.75, 3.05) is 6.61 Å². The first-order valence-electron chi connectivity index (χ1n) is 7.61. The van der Waals surface area contributed by atoms with Crippen molar-refractivity contribution in [1.29, 1.82) is 0 Å². The van der Waals surface area contributed by atoms with E-state index in [1.165, 1.54) is 11.1 Å². The van der Waals surface area contributed by atoms with Crippen molar-refractivity contribution in [3.63, 3.8) is 0 Å². The van der Waals surface area contributed by atoms with Gasteiger partial charge in [-0.15, -0.1) is 0 Å². The number of hydrogen-bond acceptors (Lipinski definition) is 2. The SMILES string of the molecule is CC1(C(c2ccccc2)c2ccccc2)CC(O)CCO1. The summed E-state index contributed by atoms with van der Waals surface area (Å²) in [6, 6.07) is 20.9. The van der Waals surface area contributed by atoms with Gasteiger partial charge in [0.05, 0.1) is 11.7 Å². The molecular weight excluding hydrogens is 260 g/mol. The van der Waals surface area contributed by atoms with Crippen molar-refractivity contribution in [3.05, 3.63) is 71.8 Å². The molecule has 1 fully saturated rings. The number of aliphatic hydroxyl groups excluding tert-OH is 1. The lowest BCUT2D eigenvalue weighted by Gasteiger charge is -2.43. The highest BCUT2D eigenvalue weighted by atomic mass is 16.5. The standard InChI is InChI=1S/C19H22O2/c1-19(14-17(20)12-13-21-19)18(15-8-4-2-5-9-15)16-10-6-3-7-11-16/h2-11,17-18,20H,12-14H2,1H3. The summed E-state index contributed by atoms with van der Waals surface area (Å²) < 4.78 is 6.15. The Morgan fingerprint density at radius 1 is 1.00 bits per heavy atom. The van der Waals surface area contributed by atoms with Crippen molar-refractivity contribution in [1.82, 2.24) is 0 Å². The van der Waals surface area contributed by atoms with E-state index in [0.717, 1.165) is 6.42 Å². The van der Waals surface area contributed by atoms with Gasteiger partial charge in [0, 0.05) is 18.9 Å². The Labute approximate surface area is 126 Å².